The van der Waals surface area contributed by atoms with E-state index in [0.29, 0.717) is 6.54 Å². The highest BCUT2D eigenvalue weighted by molar-refractivity contribution is 5.98. The van der Waals surface area contributed by atoms with Crippen LogP contribution < -0.4 is 10.1 Å². The van der Waals surface area contributed by atoms with Crippen molar-refractivity contribution in [3.05, 3.63) is 65.0 Å². The Kier molecular flexibility index (Phi) is 6.41. The van der Waals surface area contributed by atoms with Gasteiger partial charge in [0.1, 0.15) is 11.6 Å². The first-order valence-corrected chi connectivity index (χ1v) is 9.46. The molecule has 2 aromatic rings. The number of carbonyl (C=O) groups excluding carboxylic acids is 2. The van der Waals surface area contributed by atoms with Gasteiger partial charge < -0.3 is 10.1 Å². The minimum Gasteiger partial charge on any atom is -0.497 e. The number of carbonyl (C=O) groups is 2. The fourth-order valence-electron chi connectivity index (χ4n) is 3.56. The zero-order chi connectivity index (χ0) is 20.1. The van der Waals surface area contributed by atoms with E-state index in [1.54, 1.807) is 7.11 Å². The molecule has 3 rings (SSSR count). The molecule has 0 saturated carbocycles. The van der Waals surface area contributed by atoms with Gasteiger partial charge in [-0.25, -0.2) is 4.39 Å². The van der Waals surface area contributed by atoms with Gasteiger partial charge >= 0.3 is 0 Å². The maximum absolute atomic E-state index is 14.3. The van der Waals surface area contributed by atoms with Crippen LogP contribution >= 0.6 is 0 Å². The summed E-state index contributed by atoms with van der Waals surface area (Å²) in [6.07, 6.45) is 2.24. The minimum atomic E-state index is -0.690. The van der Waals surface area contributed by atoms with Gasteiger partial charge in [0.05, 0.1) is 18.7 Å². The van der Waals surface area contributed by atoms with Gasteiger partial charge in [-0.05, 0) is 62.7 Å². The van der Waals surface area contributed by atoms with Crippen molar-refractivity contribution < 1.29 is 18.7 Å². The van der Waals surface area contributed by atoms with Crippen LogP contribution in [0.3, 0.4) is 0 Å². The maximum Gasteiger partial charge on any atom is 0.254 e. The summed E-state index contributed by atoms with van der Waals surface area (Å²) < 4.78 is 19.6. The minimum absolute atomic E-state index is 0.0129. The number of hydrogen-bond acceptors (Lipinski definition) is 4. The average Bonchev–Trinajstić information content (AvgIpc) is 3.22. The summed E-state index contributed by atoms with van der Waals surface area (Å²) in [4.78, 5) is 26.2. The SMILES string of the molecule is COc1cccc([C@H](CNC(=O)c2ccc(C(C)=O)cc2F)N2CCCC2)c1. The number of methoxy groups -OCH3 is 1. The number of likely N-dealkylation sites (tertiary alicyclic amines) is 1. The summed E-state index contributed by atoms with van der Waals surface area (Å²) in [5.41, 5.74) is 1.24. The van der Waals surface area contributed by atoms with Crippen molar-refractivity contribution in [1.29, 1.82) is 0 Å². The number of benzene rings is 2. The third kappa shape index (κ3) is 4.57. The van der Waals surface area contributed by atoms with E-state index in [9.17, 15) is 14.0 Å². The summed E-state index contributed by atoms with van der Waals surface area (Å²) in [5, 5.41) is 2.86. The van der Waals surface area contributed by atoms with Gasteiger partial charge in [0, 0.05) is 12.1 Å². The fourth-order valence-corrected chi connectivity index (χ4v) is 3.56. The second-order valence-electron chi connectivity index (χ2n) is 7.00. The number of halogens is 1. The van der Waals surface area contributed by atoms with Gasteiger partial charge in [-0.15, -0.1) is 0 Å². The van der Waals surface area contributed by atoms with Crippen molar-refractivity contribution in [3.8, 4) is 5.75 Å². The Hall–Kier alpha value is -2.73. The van der Waals surface area contributed by atoms with E-state index in [1.807, 2.05) is 24.3 Å². The molecule has 1 aliphatic heterocycles. The molecule has 1 N–H and O–H groups in total. The van der Waals surface area contributed by atoms with Crippen molar-refractivity contribution in [3.63, 3.8) is 0 Å². The topological polar surface area (TPSA) is 58.6 Å². The summed E-state index contributed by atoms with van der Waals surface area (Å²) in [6, 6.07) is 11.7. The lowest BCUT2D eigenvalue weighted by atomic mass is 10.0. The normalized spacial score (nSPS) is 15.2. The number of ether oxygens (including phenoxy) is 1. The van der Waals surface area contributed by atoms with E-state index in [2.05, 4.69) is 10.2 Å². The Morgan fingerprint density at radius 1 is 1.18 bits per heavy atom. The molecule has 1 saturated heterocycles. The zero-order valence-corrected chi connectivity index (χ0v) is 16.2. The number of hydrogen-bond donors (Lipinski definition) is 1. The second-order valence-corrected chi connectivity index (χ2v) is 7.00. The van der Waals surface area contributed by atoms with E-state index >= 15 is 0 Å². The molecule has 0 spiro atoms. The van der Waals surface area contributed by atoms with Crippen molar-refractivity contribution in [2.24, 2.45) is 0 Å². The average molecular weight is 384 g/mol. The zero-order valence-electron chi connectivity index (χ0n) is 16.2. The first-order chi connectivity index (χ1) is 13.5. The number of rotatable bonds is 7. The van der Waals surface area contributed by atoms with Crippen molar-refractivity contribution in [1.82, 2.24) is 10.2 Å². The molecule has 1 aliphatic rings. The summed E-state index contributed by atoms with van der Waals surface area (Å²) in [7, 11) is 1.62. The van der Waals surface area contributed by atoms with Crippen molar-refractivity contribution in [2.45, 2.75) is 25.8 Å². The third-order valence-corrected chi connectivity index (χ3v) is 5.14. The van der Waals surface area contributed by atoms with Crippen LogP contribution in [0.1, 0.15) is 52.1 Å². The molecular weight excluding hydrogens is 359 g/mol. The quantitative estimate of drug-likeness (QED) is 0.741. The summed E-state index contributed by atoms with van der Waals surface area (Å²) >= 11 is 0. The number of Topliss-reactive ketones (excluding diaryl/α,β-unsaturated/α-hetero) is 1. The molecule has 1 atom stereocenters. The Bertz CT molecular complexity index is 863. The van der Waals surface area contributed by atoms with Crippen molar-refractivity contribution in [2.75, 3.05) is 26.7 Å². The van der Waals surface area contributed by atoms with Gasteiger partial charge in [-0.1, -0.05) is 18.2 Å². The highest BCUT2D eigenvalue weighted by Gasteiger charge is 2.25. The van der Waals surface area contributed by atoms with Gasteiger partial charge in [0.25, 0.3) is 5.91 Å². The highest BCUT2D eigenvalue weighted by atomic mass is 19.1. The van der Waals surface area contributed by atoms with Crippen LogP contribution in [0.5, 0.6) is 5.75 Å². The molecule has 2 aromatic carbocycles. The van der Waals surface area contributed by atoms with E-state index in [0.717, 1.165) is 43.3 Å². The van der Waals surface area contributed by atoms with Crippen LogP contribution in [0.15, 0.2) is 42.5 Å². The van der Waals surface area contributed by atoms with E-state index in [4.69, 9.17) is 4.74 Å². The van der Waals surface area contributed by atoms with E-state index < -0.39 is 11.7 Å². The van der Waals surface area contributed by atoms with Crippen LogP contribution in [-0.2, 0) is 0 Å². The lowest BCUT2D eigenvalue weighted by Gasteiger charge is -2.28. The number of ketones is 1. The highest BCUT2D eigenvalue weighted by Crippen LogP contribution is 2.27. The molecule has 0 radical (unpaired) electrons. The van der Waals surface area contributed by atoms with Gasteiger partial charge in [-0.2, -0.15) is 0 Å². The lowest BCUT2D eigenvalue weighted by molar-refractivity contribution is 0.0931. The summed E-state index contributed by atoms with van der Waals surface area (Å²) in [6.45, 7) is 3.64. The molecule has 6 heteroatoms. The molecule has 0 unspecified atom stereocenters. The van der Waals surface area contributed by atoms with Crippen LogP contribution in [0.4, 0.5) is 4.39 Å². The first kappa shape index (κ1) is 20.0. The maximum atomic E-state index is 14.3. The largest absolute Gasteiger partial charge is 0.497 e. The number of nitrogens with zero attached hydrogens (tertiary/aromatic N) is 1. The summed E-state index contributed by atoms with van der Waals surface area (Å²) in [5.74, 6) is -0.652. The molecule has 1 heterocycles. The molecule has 28 heavy (non-hydrogen) atoms. The van der Waals surface area contributed by atoms with E-state index in [1.165, 1.54) is 19.1 Å². The molecule has 1 amide bonds. The van der Waals surface area contributed by atoms with Gasteiger partial charge in [0.15, 0.2) is 5.78 Å². The molecule has 0 bridgehead atoms. The second kappa shape index (κ2) is 8.97. The Morgan fingerprint density at radius 2 is 1.93 bits per heavy atom. The lowest BCUT2D eigenvalue weighted by Crippen LogP contribution is -2.37. The molecular formula is C22H25FN2O3. The van der Waals surface area contributed by atoms with Gasteiger partial charge in [-0.3, -0.25) is 14.5 Å². The van der Waals surface area contributed by atoms with Crippen LogP contribution in [-0.4, -0.2) is 43.3 Å². The molecule has 1 fully saturated rings. The van der Waals surface area contributed by atoms with Crippen LogP contribution in [0.25, 0.3) is 0 Å². The first-order valence-electron chi connectivity index (χ1n) is 9.46. The third-order valence-electron chi connectivity index (χ3n) is 5.14. The number of nitrogens with one attached hydrogen (secondary N) is 1. The number of amides is 1. The van der Waals surface area contributed by atoms with Crippen LogP contribution in [0, 0.1) is 5.82 Å². The van der Waals surface area contributed by atoms with E-state index in [-0.39, 0.29) is 23.0 Å². The molecule has 5 nitrogen and oxygen atoms in total. The fraction of sp³-hybridized carbons (Fsp3) is 0.364. The molecule has 0 aliphatic carbocycles. The standard InChI is InChI=1S/C22H25FN2O3/c1-15(26)16-8-9-19(20(23)13-16)22(27)24-14-21(25-10-3-4-11-25)17-6-5-7-18(12-17)28-2/h5-9,12-13,21H,3-4,10-11,14H2,1-2H3,(H,24,27)/t21-/m0/s1. The van der Waals surface area contributed by atoms with Crippen LogP contribution in [0.2, 0.25) is 0 Å². The van der Waals surface area contributed by atoms with Gasteiger partial charge in [0.2, 0.25) is 0 Å². The predicted octanol–water partition coefficient (Wildman–Crippen LogP) is 3.60. The predicted molar refractivity (Wildman–Crippen MR) is 105 cm³/mol. The Balaban J connectivity index is 1.76. The monoisotopic (exact) mass is 384 g/mol. The Morgan fingerprint density at radius 3 is 2.57 bits per heavy atom. The Labute approximate surface area is 164 Å². The molecule has 0 aromatic heterocycles. The van der Waals surface area contributed by atoms with Crippen molar-refractivity contribution >= 4 is 11.7 Å². The smallest absolute Gasteiger partial charge is 0.254 e. The molecule has 148 valence electrons.